The van der Waals surface area contributed by atoms with Crippen LogP contribution in [-0.2, 0) is 19.6 Å². The SMILES string of the molecule is Cc1ccc(N([C@@H](C)C(=O)N2CCOCC2)S(C)(=O)=O)cc1C. The van der Waals surface area contributed by atoms with Crippen molar-refractivity contribution in [2.45, 2.75) is 26.8 Å². The Bertz CT molecular complexity index is 681. The Balaban J connectivity index is 2.34. The minimum absolute atomic E-state index is 0.197. The van der Waals surface area contributed by atoms with Gasteiger partial charge in [-0.3, -0.25) is 9.10 Å². The molecule has 128 valence electrons. The average Bonchev–Trinajstić information content (AvgIpc) is 2.49. The number of carbonyl (C=O) groups is 1. The molecule has 1 fully saturated rings. The van der Waals surface area contributed by atoms with Crippen LogP contribution < -0.4 is 4.31 Å². The summed E-state index contributed by atoms with van der Waals surface area (Å²) >= 11 is 0. The van der Waals surface area contributed by atoms with E-state index in [0.29, 0.717) is 32.0 Å². The standard InChI is InChI=1S/C16H24N2O4S/c1-12-5-6-15(11-13(12)2)18(23(4,20)21)14(3)16(19)17-7-9-22-10-8-17/h5-6,11,14H,7-10H2,1-4H3/t14-/m0/s1. The molecule has 2 rings (SSSR count). The summed E-state index contributed by atoms with van der Waals surface area (Å²) in [5.74, 6) is -0.197. The summed E-state index contributed by atoms with van der Waals surface area (Å²) in [6, 6.07) is 4.63. The summed E-state index contributed by atoms with van der Waals surface area (Å²) in [7, 11) is -3.58. The lowest BCUT2D eigenvalue weighted by Crippen LogP contribution is -2.52. The Morgan fingerprint density at radius 3 is 2.35 bits per heavy atom. The topological polar surface area (TPSA) is 66.9 Å². The molecule has 6 nitrogen and oxygen atoms in total. The first-order valence-corrected chi connectivity index (χ1v) is 9.50. The Labute approximate surface area is 138 Å². The van der Waals surface area contributed by atoms with E-state index >= 15 is 0 Å². The van der Waals surface area contributed by atoms with E-state index in [1.54, 1.807) is 24.0 Å². The third-order valence-electron chi connectivity index (χ3n) is 4.13. The van der Waals surface area contributed by atoms with Crippen molar-refractivity contribution in [2.24, 2.45) is 0 Å². The molecule has 7 heteroatoms. The van der Waals surface area contributed by atoms with Crippen LogP contribution in [0.5, 0.6) is 0 Å². The molecule has 1 aromatic carbocycles. The zero-order chi connectivity index (χ0) is 17.2. The zero-order valence-electron chi connectivity index (χ0n) is 14.1. The monoisotopic (exact) mass is 340 g/mol. The summed E-state index contributed by atoms with van der Waals surface area (Å²) in [4.78, 5) is 14.3. The molecule has 1 heterocycles. The van der Waals surface area contributed by atoms with Gasteiger partial charge in [0.2, 0.25) is 15.9 Å². The molecule has 1 saturated heterocycles. The van der Waals surface area contributed by atoms with Gasteiger partial charge in [-0.1, -0.05) is 6.07 Å². The van der Waals surface area contributed by atoms with Gasteiger partial charge in [0.15, 0.2) is 0 Å². The van der Waals surface area contributed by atoms with E-state index < -0.39 is 16.1 Å². The number of morpholine rings is 1. The summed E-state index contributed by atoms with van der Waals surface area (Å²) in [6.45, 7) is 7.48. The number of sulfonamides is 1. The lowest BCUT2D eigenvalue weighted by Gasteiger charge is -2.34. The summed E-state index contributed by atoms with van der Waals surface area (Å²) in [5, 5.41) is 0. The fourth-order valence-corrected chi connectivity index (χ4v) is 3.87. The number of benzene rings is 1. The van der Waals surface area contributed by atoms with Crippen LogP contribution in [0.1, 0.15) is 18.1 Å². The third kappa shape index (κ3) is 4.03. The van der Waals surface area contributed by atoms with Gasteiger partial charge in [0, 0.05) is 13.1 Å². The van der Waals surface area contributed by atoms with E-state index in [2.05, 4.69) is 0 Å². The highest BCUT2D eigenvalue weighted by Crippen LogP contribution is 2.24. The number of hydrogen-bond donors (Lipinski definition) is 0. The Kier molecular flexibility index (Phi) is 5.31. The number of rotatable bonds is 4. The molecule has 0 bridgehead atoms. The maximum Gasteiger partial charge on any atom is 0.246 e. The molecule has 0 saturated carbocycles. The van der Waals surface area contributed by atoms with E-state index in [9.17, 15) is 13.2 Å². The highest BCUT2D eigenvalue weighted by Gasteiger charge is 2.32. The zero-order valence-corrected chi connectivity index (χ0v) is 14.9. The van der Waals surface area contributed by atoms with Crippen molar-refractivity contribution in [3.63, 3.8) is 0 Å². The number of aryl methyl sites for hydroxylation is 2. The highest BCUT2D eigenvalue weighted by molar-refractivity contribution is 7.92. The van der Waals surface area contributed by atoms with Gasteiger partial charge >= 0.3 is 0 Å². The number of anilines is 1. The Morgan fingerprint density at radius 2 is 1.83 bits per heavy atom. The summed E-state index contributed by atoms with van der Waals surface area (Å²) in [6.07, 6.45) is 1.13. The van der Waals surface area contributed by atoms with Gasteiger partial charge < -0.3 is 9.64 Å². The van der Waals surface area contributed by atoms with Crippen LogP contribution in [0.4, 0.5) is 5.69 Å². The van der Waals surface area contributed by atoms with E-state index in [4.69, 9.17) is 4.74 Å². The van der Waals surface area contributed by atoms with Crippen molar-refractivity contribution in [1.29, 1.82) is 0 Å². The van der Waals surface area contributed by atoms with Crippen LogP contribution in [0.3, 0.4) is 0 Å². The third-order valence-corrected chi connectivity index (χ3v) is 5.38. The Morgan fingerprint density at radius 1 is 1.22 bits per heavy atom. The van der Waals surface area contributed by atoms with Crippen LogP contribution in [0.15, 0.2) is 18.2 Å². The van der Waals surface area contributed by atoms with Gasteiger partial charge in [0.25, 0.3) is 0 Å². The maximum atomic E-state index is 12.7. The minimum Gasteiger partial charge on any atom is -0.378 e. The smallest absolute Gasteiger partial charge is 0.246 e. The predicted molar refractivity (Wildman–Crippen MR) is 90.1 cm³/mol. The first kappa shape index (κ1) is 17.7. The van der Waals surface area contributed by atoms with E-state index in [1.807, 2.05) is 19.9 Å². The van der Waals surface area contributed by atoms with Gasteiger partial charge in [0.05, 0.1) is 25.2 Å². The Hall–Kier alpha value is -1.60. The van der Waals surface area contributed by atoms with Crippen LogP contribution >= 0.6 is 0 Å². The first-order valence-electron chi connectivity index (χ1n) is 7.65. The number of hydrogen-bond acceptors (Lipinski definition) is 4. The second-order valence-corrected chi connectivity index (χ2v) is 7.80. The normalized spacial score (nSPS) is 17.0. The lowest BCUT2D eigenvalue weighted by atomic mass is 10.1. The number of nitrogens with zero attached hydrogens (tertiary/aromatic N) is 2. The van der Waals surface area contributed by atoms with Crippen molar-refractivity contribution >= 4 is 21.6 Å². The van der Waals surface area contributed by atoms with E-state index in [-0.39, 0.29) is 5.91 Å². The molecule has 0 unspecified atom stereocenters. The van der Waals surface area contributed by atoms with Crippen molar-refractivity contribution in [2.75, 3.05) is 36.9 Å². The van der Waals surface area contributed by atoms with Crippen LogP contribution in [0.2, 0.25) is 0 Å². The second-order valence-electron chi connectivity index (χ2n) is 5.94. The maximum absolute atomic E-state index is 12.7. The van der Waals surface area contributed by atoms with Gasteiger partial charge in [-0.05, 0) is 44.0 Å². The van der Waals surface area contributed by atoms with E-state index in [0.717, 1.165) is 17.4 Å². The number of amides is 1. The molecule has 23 heavy (non-hydrogen) atoms. The fourth-order valence-electron chi connectivity index (χ4n) is 2.71. The second kappa shape index (κ2) is 6.88. The minimum atomic E-state index is -3.58. The molecule has 1 aromatic rings. The molecule has 0 aromatic heterocycles. The lowest BCUT2D eigenvalue weighted by molar-refractivity contribution is -0.136. The molecule has 1 amide bonds. The van der Waals surface area contributed by atoms with E-state index in [1.165, 1.54) is 4.31 Å². The van der Waals surface area contributed by atoms with Gasteiger partial charge in [-0.2, -0.15) is 0 Å². The van der Waals surface area contributed by atoms with Crippen LogP contribution in [0.25, 0.3) is 0 Å². The predicted octanol–water partition coefficient (Wildman–Crippen LogP) is 1.32. The van der Waals surface area contributed by atoms with Crippen LogP contribution in [0, 0.1) is 13.8 Å². The summed E-state index contributed by atoms with van der Waals surface area (Å²) < 4.78 is 31.0. The highest BCUT2D eigenvalue weighted by atomic mass is 32.2. The number of carbonyl (C=O) groups excluding carboxylic acids is 1. The van der Waals surface area contributed by atoms with Crippen molar-refractivity contribution in [3.8, 4) is 0 Å². The van der Waals surface area contributed by atoms with Gasteiger partial charge in [0.1, 0.15) is 6.04 Å². The largest absolute Gasteiger partial charge is 0.378 e. The molecule has 0 N–H and O–H groups in total. The first-order chi connectivity index (χ1) is 10.7. The van der Waals surface area contributed by atoms with Gasteiger partial charge in [-0.25, -0.2) is 8.42 Å². The molecule has 1 aliphatic heterocycles. The van der Waals surface area contributed by atoms with Crippen molar-refractivity contribution in [3.05, 3.63) is 29.3 Å². The molecular weight excluding hydrogens is 316 g/mol. The molecule has 0 radical (unpaired) electrons. The average molecular weight is 340 g/mol. The molecular formula is C16H24N2O4S. The molecule has 0 spiro atoms. The van der Waals surface area contributed by atoms with Crippen LogP contribution in [-0.4, -0.2) is 57.8 Å². The quantitative estimate of drug-likeness (QED) is 0.829. The van der Waals surface area contributed by atoms with Crippen molar-refractivity contribution < 1.29 is 17.9 Å². The number of ether oxygens (including phenoxy) is 1. The summed E-state index contributed by atoms with van der Waals surface area (Å²) in [5.41, 5.74) is 2.58. The van der Waals surface area contributed by atoms with Gasteiger partial charge in [-0.15, -0.1) is 0 Å². The molecule has 1 atom stereocenters. The van der Waals surface area contributed by atoms with Crippen molar-refractivity contribution in [1.82, 2.24) is 4.90 Å². The fraction of sp³-hybridized carbons (Fsp3) is 0.562. The molecule has 1 aliphatic rings. The molecule has 0 aliphatic carbocycles.